The van der Waals surface area contributed by atoms with Gasteiger partial charge in [-0.25, -0.2) is 4.79 Å². The van der Waals surface area contributed by atoms with Gasteiger partial charge in [-0.2, -0.15) is 0 Å². The molecule has 0 aliphatic rings. The Labute approximate surface area is 171 Å². The lowest BCUT2D eigenvalue weighted by atomic mass is 9.95. The van der Waals surface area contributed by atoms with Gasteiger partial charge in [-0.3, -0.25) is 0 Å². The number of carbonyl (C=O) groups excluding carboxylic acids is 1. The molecule has 0 atom stereocenters. The van der Waals surface area contributed by atoms with Crippen molar-refractivity contribution in [1.82, 2.24) is 9.80 Å². The maximum absolute atomic E-state index is 12.7. The number of phenols is 1. The van der Waals surface area contributed by atoms with Crippen LogP contribution in [0, 0.1) is 0 Å². The lowest BCUT2D eigenvalue weighted by molar-refractivity contribution is 0.0494. The largest absolute Gasteiger partial charge is 0.507 e. The van der Waals surface area contributed by atoms with E-state index in [9.17, 15) is 9.90 Å². The van der Waals surface area contributed by atoms with Crippen LogP contribution in [0.4, 0.5) is 0 Å². The molecule has 3 aromatic rings. The third kappa shape index (κ3) is 4.28. The number of fused-ring (bicyclic) bond motifs is 1. The zero-order valence-electron chi connectivity index (χ0n) is 17.7. The van der Waals surface area contributed by atoms with Gasteiger partial charge in [0.05, 0.1) is 6.61 Å². The second-order valence-electron chi connectivity index (χ2n) is 7.60. The van der Waals surface area contributed by atoms with Crippen molar-refractivity contribution < 1.29 is 19.1 Å². The Kier molecular flexibility index (Phi) is 6.25. The van der Waals surface area contributed by atoms with Gasteiger partial charge in [-0.05, 0) is 46.7 Å². The van der Waals surface area contributed by atoms with Crippen LogP contribution >= 0.6 is 0 Å². The SMILES string of the molecule is CCOC(=O)c1oc2cc(CN(C)C)c(O)c(CN(C)C)c2c1-c1ccccc1. The van der Waals surface area contributed by atoms with Crippen LogP contribution in [0.2, 0.25) is 0 Å². The first kappa shape index (κ1) is 20.9. The van der Waals surface area contributed by atoms with Crippen molar-refractivity contribution >= 4 is 16.9 Å². The molecule has 1 heterocycles. The predicted molar refractivity (Wildman–Crippen MR) is 114 cm³/mol. The first-order chi connectivity index (χ1) is 13.8. The number of aromatic hydroxyl groups is 1. The fourth-order valence-electron chi connectivity index (χ4n) is 3.54. The molecule has 0 unspecified atom stereocenters. The molecule has 0 aliphatic heterocycles. The van der Waals surface area contributed by atoms with E-state index < -0.39 is 5.97 Å². The van der Waals surface area contributed by atoms with Crippen molar-refractivity contribution in [1.29, 1.82) is 0 Å². The van der Waals surface area contributed by atoms with Gasteiger partial charge in [0.15, 0.2) is 0 Å². The molecule has 0 fully saturated rings. The molecule has 1 aromatic heterocycles. The first-order valence-corrected chi connectivity index (χ1v) is 9.65. The van der Waals surface area contributed by atoms with Gasteiger partial charge >= 0.3 is 5.97 Å². The van der Waals surface area contributed by atoms with Crippen LogP contribution in [-0.4, -0.2) is 55.7 Å². The second-order valence-corrected chi connectivity index (χ2v) is 7.60. The molecular formula is C23H28N2O4. The van der Waals surface area contributed by atoms with Crippen molar-refractivity contribution in [3.8, 4) is 16.9 Å². The fraction of sp³-hybridized carbons (Fsp3) is 0.348. The second kappa shape index (κ2) is 8.68. The first-order valence-electron chi connectivity index (χ1n) is 9.65. The number of furan rings is 1. The van der Waals surface area contributed by atoms with E-state index in [0.29, 0.717) is 24.2 Å². The van der Waals surface area contributed by atoms with Crippen LogP contribution in [0.5, 0.6) is 5.75 Å². The lowest BCUT2D eigenvalue weighted by Gasteiger charge is -2.18. The number of carbonyl (C=O) groups is 1. The van der Waals surface area contributed by atoms with Crippen LogP contribution in [-0.2, 0) is 17.8 Å². The molecule has 29 heavy (non-hydrogen) atoms. The molecule has 6 nitrogen and oxygen atoms in total. The summed E-state index contributed by atoms with van der Waals surface area (Å²) in [5.74, 6) is -0.116. The van der Waals surface area contributed by atoms with Crippen molar-refractivity contribution in [2.24, 2.45) is 0 Å². The number of phenolic OH excluding ortho intramolecular Hbond substituents is 1. The average molecular weight is 396 g/mol. The summed E-state index contributed by atoms with van der Waals surface area (Å²) < 4.78 is 11.3. The zero-order valence-corrected chi connectivity index (χ0v) is 17.7. The molecule has 0 aliphatic carbocycles. The van der Waals surface area contributed by atoms with E-state index in [-0.39, 0.29) is 18.1 Å². The quantitative estimate of drug-likeness (QED) is 0.607. The highest BCUT2D eigenvalue weighted by molar-refractivity contribution is 6.08. The minimum atomic E-state index is -0.507. The molecule has 0 bridgehead atoms. The normalized spacial score (nSPS) is 11.6. The minimum Gasteiger partial charge on any atom is -0.507 e. The number of hydrogen-bond acceptors (Lipinski definition) is 6. The standard InChI is InChI=1S/C23H28N2O4/c1-6-28-23(27)22-19(15-10-8-7-9-11-15)20-17(14-25(4)5)21(26)16(13-24(2)3)12-18(20)29-22/h7-12,26H,6,13-14H2,1-5H3. The van der Waals surface area contributed by atoms with E-state index in [1.165, 1.54) is 0 Å². The van der Waals surface area contributed by atoms with E-state index in [1.54, 1.807) is 6.92 Å². The van der Waals surface area contributed by atoms with Crippen LogP contribution in [0.15, 0.2) is 40.8 Å². The van der Waals surface area contributed by atoms with Crippen molar-refractivity contribution in [3.63, 3.8) is 0 Å². The molecular weight excluding hydrogens is 368 g/mol. The van der Waals surface area contributed by atoms with E-state index in [4.69, 9.17) is 9.15 Å². The monoisotopic (exact) mass is 396 g/mol. The third-order valence-electron chi connectivity index (χ3n) is 4.62. The Bertz CT molecular complexity index is 1010. The highest BCUT2D eigenvalue weighted by Crippen LogP contribution is 2.42. The number of nitrogens with zero attached hydrogens (tertiary/aromatic N) is 2. The lowest BCUT2D eigenvalue weighted by Crippen LogP contribution is -2.14. The summed E-state index contributed by atoms with van der Waals surface area (Å²) in [6.07, 6.45) is 0. The Morgan fingerprint density at radius 2 is 1.72 bits per heavy atom. The summed E-state index contributed by atoms with van der Waals surface area (Å²) in [6, 6.07) is 11.4. The number of benzene rings is 2. The zero-order chi connectivity index (χ0) is 21.1. The number of ether oxygens (including phenoxy) is 1. The summed E-state index contributed by atoms with van der Waals surface area (Å²) in [6.45, 7) is 3.08. The van der Waals surface area contributed by atoms with E-state index in [1.807, 2.05) is 74.4 Å². The van der Waals surface area contributed by atoms with Crippen molar-refractivity contribution in [3.05, 3.63) is 53.3 Å². The van der Waals surface area contributed by atoms with Gasteiger partial charge in [-0.1, -0.05) is 30.3 Å². The molecule has 0 radical (unpaired) electrons. The Hall–Kier alpha value is -2.83. The van der Waals surface area contributed by atoms with Crippen LogP contribution in [0.1, 0.15) is 28.6 Å². The summed E-state index contributed by atoms with van der Waals surface area (Å²) in [5.41, 5.74) is 3.56. The van der Waals surface area contributed by atoms with Gasteiger partial charge in [0.1, 0.15) is 11.3 Å². The summed E-state index contributed by atoms with van der Waals surface area (Å²) in [7, 11) is 7.77. The van der Waals surface area contributed by atoms with E-state index in [0.717, 1.165) is 22.1 Å². The molecule has 1 N–H and O–H groups in total. The van der Waals surface area contributed by atoms with Gasteiger partial charge in [0.25, 0.3) is 0 Å². The van der Waals surface area contributed by atoms with Crippen LogP contribution < -0.4 is 0 Å². The molecule has 0 spiro atoms. The smallest absolute Gasteiger partial charge is 0.374 e. The molecule has 0 amide bonds. The Morgan fingerprint density at radius 3 is 2.31 bits per heavy atom. The van der Waals surface area contributed by atoms with Gasteiger partial charge in [0.2, 0.25) is 5.76 Å². The molecule has 6 heteroatoms. The number of hydrogen-bond donors (Lipinski definition) is 1. The number of esters is 1. The topological polar surface area (TPSA) is 66.1 Å². The maximum atomic E-state index is 12.7. The molecule has 154 valence electrons. The average Bonchev–Trinajstić information content (AvgIpc) is 3.04. The molecule has 0 saturated heterocycles. The summed E-state index contributed by atoms with van der Waals surface area (Å²) >= 11 is 0. The van der Waals surface area contributed by atoms with Crippen LogP contribution in [0.3, 0.4) is 0 Å². The van der Waals surface area contributed by atoms with Crippen LogP contribution in [0.25, 0.3) is 22.1 Å². The minimum absolute atomic E-state index is 0.162. The molecule has 3 rings (SSSR count). The summed E-state index contributed by atoms with van der Waals surface area (Å²) in [5, 5.41) is 11.8. The fourth-order valence-corrected chi connectivity index (χ4v) is 3.54. The van der Waals surface area contributed by atoms with Gasteiger partial charge in [0, 0.05) is 35.2 Å². The number of rotatable bonds is 7. The van der Waals surface area contributed by atoms with Gasteiger partial charge in [-0.15, -0.1) is 0 Å². The highest BCUT2D eigenvalue weighted by Gasteiger charge is 2.27. The molecule has 2 aromatic carbocycles. The molecule has 0 saturated carbocycles. The van der Waals surface area contributed by atoms with Crippen molar-refractivity contribution in [2.75, 3.05) is 34.8 Å². The maximum Gasteiger partial charge on any atom is 0.374 e. The Morgan fingerprint density at radius 1 is 1.07 bits per heavy atom. The van der Waals surface area contributed by atoms with Gasteiger partial charge < -0.3 is 24.1 Å². The van der Waals surface area contributed by atoms with Crippen molar-refractivity contribution in [2.45, 2.75) is 20.0 Å². The van der Waals surface area contributed by atoms with E-state index >= 15 is 0 Å². The highest BCUT2D eigenvalue weighted by atomic mass is 16.5. The Balaban J connectivity index is 2.38. The van der Waals surface area contributed by atoms with E-state index in [2.05, 4.69) is 0 Å². The third-order valence-corrected chi connectivity index (χ3v) is 4.62. The predicted octanol–water partition coefficient (Wildman–Crippen LogP) is 4.11. The summed E-state index contributed by atoms with van der Waals surface area (Å²) in [4.78, 5) is 16.7.